The third kappa shape index (κ3) is 4.20. The van der Waals surface area contributed by atoms with E-state index in [4.69, 9.17) is 10.8 Å². The van der Waals surface area contributed by atoms with Crippen LogP contribution >= 0.6 is 12.4 Å². The zero-order valence-corrected chi connectivity index (χ0v) is 9.96. The molecule has 0 amide bonds. The van der Waals surface area contributed by atoms with Crippen molar-refractivity contribution < 1.29 is 5.11 Å². The molecule has 0 spiro atoms. The topological polar surface area (TPSA) is 46.2 Å². The fourth-order valence-electron chi connectivity index (χ4n) is 1.62. The highest BCUT2D eigenvalue weighted by Crippen LogP contribution is 2.20. The van der Waals surface area contributed by atoms with Gasteiger partial charge in [-0.25, -0.2) is 0 Å². The fraction of sp³-hybridized carbons (Fsp3) is 0.500. The highest BCUT2D eigenvalue weighted by atomic mass is 35.5. The average molecular weight is 230 g/mol. The molecule has 3 heteroatoms. The van der Waals surface area contributed by atoms with Gasteiger partial charge in [-0.1, -0.05) is 44.0 Å². The summed E-state index contributed by atoms with van der Waals surface area (Å²) in [5.41, 5.74) is 8.09. The zero-order valence-electron chi connectivity index (χ0n) is 9.15. The quantitative estimate of drug-likeness (QED) is 0.816. The van der Waals surface area contributed by atoms with E-state index in [1.807, 2.05) is 24.3 Å². The van der Waals surface area contributed by atoms with Gasteiger partial charge in [0.05, 0.1) is 6.61 Å². The van der Waals surface area contributed by atoms with Crippen molar-refractivity contribution in [3.8, 4) is 0 Å². The fourth-order valence-corrected chi connectivity index (χ4v) is 1.62. The standard InChI is InChI=1S/C12H19NO.ClH/c1-2-3-8-12(13)11-7-5-4-6-10(11)9-14;/h4-7,12,14H,2-3,8-9,13H2,1H3;1H. The van der Waals surface area contributed by atoms with E-state index in [1.165, 1.54) is 0 Å². The summed E-state index contributed by atoms with van der Waals surface area (Å²) in [5, 5.41) is 9.14. The van der Waals surface area contributed by atoms with Crippen LogP contribution in [0.1, 0.15) is 43.4 Å². The number of rotatable bonds is 5. The van der Waals surface area contributed by atoms with Gasteiger partial charge in [-0.3, -0.25) is 0 Å². The smallest absolute Gasteiger partial charge is 0.0685 e. The predicted octanol–water partition coefficient (Wildman–Crippen LogP) is 2.79. The summed E-state index contributed by atoms with van der Waals surface area (Å²) in [4.78, 5) is 0. The molecule has 0 saturated heterocycles. The number of aliphatic hydroxyl groups excluding tert-OH is 1. The first-order valence-corrected chi connectivity index (χ1v) is 5.23. The number of unbranched alkanes of at least 4 members (excludes halogenated alkanes) is 1. The van der Waals surface area contributed by atoms with Crippen LogP contribution in [0.25, 0.3) is 0 Å². The molecule has 2 nitrogen and oxygen atoms in total. The van der Waals surface area contributed by atoms with Crippen molar-refractivity contribution in [3.05, 3.63) is 35.4 Å². The van der Waals surface area contributed by atoms with E-state index in [0.717, 1.165) is 30.4 Å². The number of hydrogen-bond acceptors (Lipinski definition) is 2. The van der Waals surface area contributed by atoms with Gasteiger partial charge < -0.3 is 10.8 Å². The van der Waals surface area contributed by atoms with Crippen molar-refractivity contribution in [2.75, 3.05) is 0 Å². The third-order valence-corrected chi connectivity index (χ3v) is 2.49. The van der Waals surface area contributed by atoms with Crippen molar-refractivity contribution in [3.63, 3.8) is 0 Å². The molecular weight excluding hydrogens is 210 g/mol. The summed E-state index contributed by atoms with van der Waals surface area (Å²) in [6, 6.07) is 7.91. The molecule has 0 fully saturated rings. The van der Waals surface area contributed by atoms with Crippen LogP contribution in [0.15, 0.2) is 24.3 Å². The Morgan fingerprint density at radius 3 is 2.60 bits per heavy atom. The molecule has 1 rings (SSSR count). The highest BCUT2D eigenvalue weighted by Gasteiger charge is 2.08. The second kappa shape index (κ2) is 7.69. The molecule has 0 radical (unpaired) electrons. The van der Waals surface area contributed by atoms with Crippen molar-refractivity contribution in [2.45, 2.75) is 38.8 Å². The maximum Gasteiger partial charge on any atom is 0.0685 e. The van der Waals surface area contributed by atoms with Gasteiger partial charge in [-0.05, 0) is 17.5 Å². The van der Waals surface area contributed by atoms with E-state index < -0.39 is 0 Å². The van der Waals surface area contributed by atoms with Crippen LogP contribution in [-0.4, -0.2) is 5.11 Å². The van der Waals surface area contributed by atoms with Gasteiger partial charge in [-0.2, -0.15) is 0 Å². The van der Waals surface area contributed by atoms with Gasteiger partial charge in [-0.15, -0.1) is 12.4 Å². The van der Waals surface area contributed by atoms with Crippen LogP contribution in [0.4, 0.5) is 0 Å². The Morgan fingerprint density at radius 1 is 1.33 bits per heavy atom. The van der Waals surface area contributed by atoms with Crippen LogP contribution in [0.3, 0.4) is 0 Å². The van der Waals surface area contributed by atoms with E-state index in [1.54, 1.807) is 0 Å². The molecule has 15 heavy (non-hydrogen) atoms. The molecule has 0 aromatic heterocycles. The number of nitrogens with two attached hydrogens (primary N) is 1. The Labute approximate surface area is 97.9 Å². The Bertz CT molecular complexity index is 278. The molecular formula is C12H20ClNO. The molecule has 0 aliphatic carbocycles. The first-order chi connectivity index (χ1) is 6.79. The lowest BCUT2D eigenvalue weighted by Gasteiger charge is -2.14. The zero-order chi connectivity index (χ0) is 10.4. The van der Waals surface area contributed by atoms with Crippen molar-refractivity contribution in [1.29, 1.82) is 0 Å². The van der Waals surface area contributed by atoms with E-state index >= 15 is 0 Å². The first-order valence-electron chi connectivity index (χ1n) is 5.23. The lowest BCUT2D eigenvalue weighted by Crippen LogP contribution is -2.12. The molecule has 1 unspecified atom stereocenters. The van der Waals surface area contributed by atoms with Gasteiger partial charge in [0.2, 0.25) is 0 Å². The lowest BCUT2D eigenvalue weighted by atomic mass is 9.97. The summed E-state index contributed by atoms with van der Waals surface area (Å²) >= 11 is 0. The Morgan fingerprint density at radius 2 is 2.00 bits per heavy atom. The summed E-state index contributed by atoms with van der Waals surface area (Å²) in [5.74, 6) is 0. The summed E-state index contributed by atoms with van der Waals surface area (Å²) in [7, 11) is 0. The second-order valence-corrected chi connectivity index (χ2v) is 3.61. The first kappa shape index (κ1) is 14.4. The summed E-state index contributed by atoms with van der Waals surface area (Å²) < 4.78 is 0. The second-order valence-electron chi connectivity index (χ2n) is 3.61. The SMILES string of the molecule is CCCCC(N)c1ccccc1CO.Cl. The van der Waals surface area contributed by atoms with E-state index in [2.05, 4.69) is 6.92 Å². The minimum absolute atomic E-state index is 0. The van der Waals surface area contributed by atoms with E-state index in [-0.39, 0.29) is 25.1 Å². The van der Waals surface area contributed by atoms with Crippen LogP contribution in [0.2, 0.25) is 0 Å². The number of benzene rings is 1. The van der Waals surface area contributed by atoms with Crippen LogP contribution in [-0.2, 0) is 6.61 Å². The van der Waals surface area contributed by atoms with Gasteiger partial charge in [0.25, 0.3) is 0 Å². The molecule has 0 heterocycles. The Hall–Kier alpha value is -0.570. The molecule has 0 aliphatic rings. The van der Waals surface area contributed by atoms with Crippen LogP contribution < -0.4 is 5.73 Å². The molecule has 1 aromatic rings. The Kier molecular flexibility index (Phi) is 7.39. The third-order valence-electron chi connectivity index (χ3n) is 2.49. The van der Waals surface area contributed by atoms with Gasteiger partial charge in [0.15, 0.2) is 0 Å². The van der Waals surface area contributed by atoms with E-state index in [9.17, 15) is 0 Å². The maximum absolute atomic E-state index is 9.14. The maximum atomic E-state index is 9.14. The number of hydrogen-bond donors (Lipinski definition) is 2. The van der Waals surface area contributed by atoms with Crippen molar-refractivity contribution in [2.24, 2.45) is 5.73 Å². The largest absolute Gasteiger partial charge is 0.392 e. The molecule has 1 aromatic carbocycles. The molecule has 3 N–H and O–H groups in total. The number of aliphatic hydroxyl groups is 1. The normalized spacial score (nSPS) is 11.9. The van der Waals surface area contributed by atoms with E-state index in [0.29, 0.717) is 0 Å². The molecule has 0 aliphatic heterocycles. The minimum Gasteiger partial charge on any atom is -0.392 e. The van der Waals surface area contributed by atoms with Crippen LogP contribution in [0, 0.1) is 0 Å². The van der Waals surface area contributed by atoms with Crippen molar-refractivity contribution in [1.82, 2.24) is 0 Å². The predicted molar refractivity (Wildman–Crippen MR) is 66.1 cm³/mol. The molecule has 86 valence electrons. The summed E-state index contributed by atoms with van der Waals surface area (Å²) in [6.07, 6.45) is 3.30. The Balaban J connectivity index is 0.00000196. The highest BCUT2D eigenvalue weighted by molar-refractivity contribution is 5.85. The lowest BCUT2D eigenvalue weighted by molar-refractivity contribution is 0.279. The number of halogens is 1. The molecule has 1 atom stereocenters. The van der Waals surface area contributed by atoms with Crippen LogP contribution in [0.5, 0.6) is 0 Å². The monoisotopic (exact) mass is 229 g/mol. The minimum atomic E-state index is 0. The van der Waals surface area contributed by atoms with Gasteiger partial charge in [0.1, 0.15) is 0 Å². The molecule has 0 saturated carbocycles. The summed E-state index contributed by atoms with van der Waals surface area (Å²) in [6.45, 7) is 2.24. The molecule has 0 bridgehead atoms. The average Bonchev–Trinajstić information content (AvgIpc) is 2.25. The van der Waals surface area contributed by atoms with Gasteiger partial charge in [0, 0.05) is 6.04 Å². The van der Waals surface area contributed by atoms with Gasteiger partial charge >= 0.3 is 0 Å². The van der Waals surface area contributed by atoms with Crippen molar-refractivity contribution >= 4 is 12.4 Å².